The number of piperazine rings is 1. The van der Waals surface area contributed by atoms with Gasteiger partial charge in [-0.1, -0.05) is 18.2 Å². The van der Waals surface area contributed by atoms with Crippen LogP contribution in [-0.2, 0) is 4.79 Å². The summed E-state index contributed by atoms with van der Waals surface area (Å²) in [6.45, 7) is 4.70. The van der Waals surface area contributed by atoms with Gasteiger partial charge in [0.15, 0.2) is 0 Å². The summed E-state index contributed by atoms with van der Waals surface area (Å²) in [5.41, 5.74) is -2.02. The Morgan fingerprint density at radius 3 is 2.41 bits per heavy atom. The minimum absolute atomic E-state index is 0.0830. The first-order chi connectivity index (χ1) is 12.7. The number of para-hydroxylation sites is 1. The van der Waals surface area contributed by atoms with Crippen LogP contribution in [0, 0.1) is 0 Å². The minimum Gasteiger partial charge on any atom is -0.369 e. The van der Waals surface area contributed by atoms with Gasteiger partial charge in [0, 0.05) is 57.0 Å². The van der Waals surface area contributed by atoms with E-state index < -0.39 is 24.2 Å². The Morgan fingerprint density at radius 1 is 1.19 bits per heavy atom. The second kappa shape index (κ2) is 7.47. The largest absolute Gasteiger partial charge is 0.438 e. The summed E-state index contributed by atoms with van der Waals surface area (Å²) in [6, 6.07) is 9.97. The van der Waals surface area contributed by atoms with Gasteiger partial charge in [-0.15, -0.1) is 0 Å². The van der Waals surface area contributed by atoms with Crippen molar-refractivity contribution in [1.82, 2.24) is 9.91 Å². The van der Waals surface area contributed by atoms with Crippen molar-refractivity contribution in [3.05, 3.63) is 30.3 Å². The molecular weight excluding hydrogens is 361 g/mol. The van der Waals surface area contributed by atoms with Gasteiger partial charge < -0.3 is 10.0 Å². The van der Waals surface area contributed by atoms with Crippen LogP contribution in [0.2, 0.25) is 0 Å². The Morgan fingerprint density at radius 2 is 1.81 bits per heavy atom. The Labute approximate surface area is 155 Å². The lowest BCUT2D eigenvalue weighted by atomic mass is 10.1. The number of rotatable bonds is 4. The number of halogens is 3. The molecule has 1 N–H and O–H groups in total. The maximum Gasteiger partial charge on any atom is 0.438 e. The molecule has 2 aliphatic heterocycles. The van der Waals surface area contributed by atoms with E-state index in [1.54, 1.807) is 0 Å². The number of hydrogen-bond donors (Lipinski definition) is 1. The highest BCUT2D eigenvalue weighted by atomic mass is 19.4. The third-order valence-corrected chi connectivity index (χ3v) is 4.95. The highest BCUT2D eigenvalue weighted by Crippen LogP contribution is 2.40. The molecule has 0 aromatic heterocycles. The molecule has 3 rings (SSSR count). The van der Waals surface area contributed by atoms with Gasteiger partial charge in [-0.2, -0.15) is 23.3 Å². The molecule has 0 aliphatic carbocycles. The molecule has 1 saturated heterocycles. The van der Waals surface area contributed by atoms with E-state index in [4.69, 9.17) is 0 Å². The highest BCUT2D eigenvalue weighted by molar-refractivity contribution is 5.89. The molecule has 1 aromatic carbocycles. The molecule has 2 aliphatic rings. The lowest BCUT2D eigenvalue weighted by Gasteiger charge is -2.36. The minimum atomic E-state index is -4.95. The van der Waals surface area contributed by atoms with Gasteiger partial charge in [-0.25, -0.2) is 0 Å². The summed E-state index contributed by atoms with van der Waals surface area (Å²) in [5.74, 6) is -0.822. The van der Waals surface area contributed by atoms with E-state index >= 15 is 0 Å². The van der Waals surface area contributed by atoms with Gasteiger partial charge in [-0.05, 0) is 19.1 Å². The Hall–Kier alpha value is -2.13. The van der Waals surface area contributed by atoms with Crippen LogP contribution in [0.25, 0.3) is 0 Å². The van der Waals surface area contributed by atoms with Gasteiger partial charge in [-0.3, -0.25) is 9.69 Å². The number of amides is 1. The van der Waals surface area contributed by atoms with E-state index in [1.165, 1.54) is 6.92 Å². The summed E-state index contributed by atoms with van der Waals surface area (Å²) in [6.07, 6.45) is -5.79. The molecule has 1 amide bonds. The number of aliphatic hydroxyl groups is 1. The average molecular weight is 384 g/mol. The monoisotopic (exact) mass is 384 g/mol. The van der Waals surface area contributed by atoms with Gasteiger partial charge in [0.05, 0.1) is 0 Å². The predicted molar refractivity (Wildman–Crippen MR) is 95.3 cm³/mol. The topological polar surface area (TPSA) is 59.4 Å². The van der Waals surface area contributed by atoms with Crippen LogP contribution in [0.1, 0.15) is 19.8 Å². The molecule has 0 radical (unpaired) electrons. The van der Waals surface area contributed by atoms with Gasteiger partial charge in [0.25, 0.3) is 5.72 Å². The van der Waals surface area contributed by atoms with Crippen molar-refractivity contribution in [2.24, 2.45) is 5.10 Å². The number of hydrogen-bond acceptors (Lipinski definition) is 5. The van der Waals surface area contributed by atoms with Crippen molar-refractivity contribution in [1.29, 1.82) is 0 Å². The highest BCUT2D eigenvalue weighted by Gasteiger charge is 2.62. The molecule has 9 heteroatoms. The summed E-state index contributed by atoms with van der Waals surface area (Å²) in [7, 11) is 0. The van der Waals surface area contributed by atoms with Crippen molar-refractivity contribution < 1.29 is 23.1 Å². The van der Waals surface area contributed by atoms with Crippen molar-refractivity contribution in [2.45, 2.75) is 31.7 Å². The number of carbonyl (C=O) groups is 1. The summed E-state index contributed by atoms with van der Waals surface area (Å²) in [4.78, 5) is 16.6. The summed E-state index contributed by atoms with van der Waals surface area (Å²) >= 11 is 0. The lowest BCUT2D eigenvalue weighted by Crippen LogP contribution is -2.57. The molecule has 0 saturated carbocycles. The first kappa shape index (κ1) is 19.6. The smallest absolute Gasteiger partial charge is 0.369 e. The molecule has 0 spiro atoms. The third kappa shape index (κ3) is 4.08. The first-order valence-electron chi connectivity index (χ1n) is 8.89. The van der Waals surface area contributed by atoms with E-state index in [-0.39, 0.29) is 17.1 Å². The zero-order valence-corrected chi connectivity index (χ0v) is 15.1. The number of nitrogens with zero attached hydrogens (tertiary/aromatic N) is 4. The van der Waals surface area contributed by atoms with E-state index in [1.807, 2.05) is 35.2 Å². The number of alkyl halides is 3. The predicted octanol–water partition coefficient (Wildman–Crippen LogP) is 2.06. The fourth-order valence-electron chi connectivity index (χ4n) is 3.43. The summed E-state index contributed by atoms with van der Waals surface area (Å²) < 4.78 is 39.6. The lowest BCUT2D eigenvalue weighted by molar-refractivity contribution is -0.302. The van der Waals surface area contributed by atoms with Crippen LogP contribution in [0.15, 0.2) is 35.4 Å². The molecule has 2 heterocycles. The average Bonchev–Trinajstić information content (AvgIpc) is 2.96. The van der Waals surface area contributed by atoms with E-state index in [0.717, 1.165) is 18.8 Å². The number of anilines is 1. The third-order valence-electron chi connectivity index (χ3n) is 4.95. The Bertz CT molecular complexity index is 702. The van der Waals surface area contributed by atoms with Crippen LogP contribution in [-0.4, -0.2) is 71.3 Å². The van der Waals surface area contributed by atoms with E-state index in [9.17, 15) is 23.1 Å². The normalized spacial score (nSPS) is 24.3. The second-order valence-corrected chi connectivity index (χ2v) is 6.95. The molecule has 1 fully saturated rings. The molecule has 1 aromatic rings. The first-order valence-corrected chi connectivity index (χ1v) is 8.89. The number of benzene rings is 1. The van der Waals surface area contributed by atoms with Gasteiger partial charge in [0.2, 0.25) is 5.91 Å². The van der Waals surface area contributed by atoms with Crippen molar-refractivity contribution in [3.8, 4) is 0 Å². The van der Waals surface area contributed by atoms with E-state index in [2.05, 4.69) is 10.0 Å². The molecule has 27 heavy (non-hydrogen) atoms. The van der Waals surface area contributed by atoms with Crippen molar-refractivity contribution >= 4 is 17.3 Å². The standard InChI is InChI=1S/C18H23F3N4O2/c1-14-13-17(27,18(19,20)21)25(22-14)16(26)7-8-23-9-11-24(12-10-23)15-5-3-2-4-6-15/h2-6,27H,7-13H2,1H3/t17-/m0/s1. The quantitative estimate of drug-likeness (QED) is 0.863. The molecule has 0 unspecified atom stereocenters. The zero-order valence-electron chi connectivity index (χ0n) is 15.1. The fourth-order valence-corrected chi connectivity index (χ4v) is 3.43. The van der Waals surface area contributed by atoms with Crippen LogP contribution in [0.4, 0.5) is 18.9 Å². The molecule has 0 bridgehead atoms. The maximum atomic E-state index is 13.2. The maximum absolute atomic E-state index is 13.2. The van der Waals surface area contributed by atoms with Crippen LogP contribution in [0.3, 0.4) is 0 Å². The fraction of sp³-hybridized carbons (Fsp3) is 0.556. The van der Waals surface area contributed by atoms with Gasteiger partial charge in [0.1, 0.15) is 0 Å². The molecule has 148 valence electrons. The SMILES string of the molecule is CC1=NN(C(=O)CCN2CCN(c3ccccc3)CC2)[C@@](O)(C(F)(F)F)C1. The molecule has 6 nitrogen and oxygen atoms in total. The van der Waals surface area contributed by atoms with Crippen LogP contribution in [0.5, 0.6) is 0 Å². The number of carbonyl (C=O) groups excluding carboxylic acids is 1. The summed E-state index contributed by atoms with van der Waals surface area (Å²) in [5, 5.41) is 13.8. The van der Waals surface area contributed by atoms with Crippen LogP contribution < -0.4 is 4.90 Å². The second-order valence-electron chi connectivity index (χ2n) is 6.95. The van der Waals surface area contributed by atoms with Crippen molar-refractivity contribution in [2.75, 3.05) is 37.6 Å². The number of hydrazone groups is 1. The molecular formula is C18H23F3N4O2. The van der Waals surface area contributed by atoms with Gasteiger partial charge >= 0.3 is 6.18 Å². The van der Waals surface area contributed by atoms with Crippen LogP contribution >= 0.6 is 0 Å². The Balaban J connectivity index is 1.53. The Kier molecular flexibility index (Phi) is 5.43. The molecule has 1 atom stereocenters. The zero-order chi connectivity index (χ0) is 19.7. The van der Waals surface area contributed by atoms with Crippen molar-refractivity contribution in [3.63, 3.8) is 0 Å². The van der Waals surface area contributed by atoms with E-state index in [0.29, 0.717) is 19.6 Å².